The van der Waals surface area contributed by atoms with Crippen LogP contribution in [-0.2, 0) is 4.79 Å². The Morgan fingerprint density at radius 3 is 2.63 bits per heavy atom. The first-order valence-electron chi connectivity index (χ1n) is 9.25. The van der Waals surface area contributed by atoms with Crippen molar-refractivity contribution in [3.8, 4) is 23.0 Å². The van der Waals surface area contributed by atoms with E-state index in [0.717, 1.165) is 27.4 Å². The van der Waals surface area contributed by atoms with Crippen LogP contribution in [0.15, 0.2) is 63.2 Å². The predicted molar refractivity (Wildman–Crippen MR) is 121 cm³/mol. The number of hydrogen-bond donors (Lipinski definition) is 1. The molecule has 4 rings (SSSR count). The summed E-state index contributed by atoms with van der Waals surface area (Å²) >= 11 is 3.00. The first-order chi connectivity index (χ1) is 14.6. The van der Waals surface area contributed by atoms with E-state index < -0.39 is 0 Å². The first kappa shape index (κ1) is 20.3. The lowest BCUT2D eigenvalue weighted by Gasteiger charge is -2.04. The molecule has 0 saturated heterocycles. The van der Waals surface area contributed by atoms with Crippen LogP contribution in [0.3, 0.4) is 0 Å². The third kappa shape index (κ3) is 4.77. The molecule has 0 aliphatic carbocycles. The topological polar surface area (TPSA) is 73.6 Å². The molecule has 0 fully saturated rings. The summed E-state index contributed by atoms with van der Waals surface area (Å²) < 4.78 is 16.3. The van der Waals surface area contributed by atoms with Crippen molar-refractivity contribution >= 4 is 45.1 Å². The van der Waals surface area contributed by atoms with Gasteiger partial charge in [-0.05, 0) is 48.5 Å². The molecule has 1 N–H and O–H groups in total. The minimum atomic E-state index is -0.0637. The summed E-state index contributed by atoms with van der Waals surface area (Å²) in [6.07, 6.45) is 0.399. The second-order valence-corrected chi connectivity index (χ2v) is 8.40. The van der Waals surface area contributed by atoms with E-state index in [1.807, 2.05) is 53.9 Å². The highest BCUT2D eigenvalue weighted by molar-refractivity contribution is 7.99. The van der Waals surface area contributed by atoms with Gasteiger partial charge in [0.15, 0.2) is 10.9 Å². The number of amides is 1. The van der Waals surface area contributed by atoms with E-state index in [4.69, 9.17) is 13.9 Å². The van der Waals surface area contributed by atoms with E-state index >= 15 is 0 Å². The molecule has 0 unspecified atom stereocenters. The molecule has 1 amide bonds. The number of methoxy groups -OCH3 is 2. The molecule has 4 aromatic rings. The van der Waals surface area contributed by atoms with Gasteiger partial charge in [0.05, 0.1) is 14.2 Å². The van der Waals surface area contributed by atoms with Gasteiger partial charge in [-0.15, -0.1) is 23.1 Å². The first-order valence-corrected chi connectivity index (χ1v) is 11.1. The summed E-state index contributed by atoms with van der Waals surface area (Å²) in [5.41, 5.74) is 1.46. The van der Waals surface area contributed by atoms with Gasteiger partial charge in [-0.3, -0.25) is 4.79 Å². The summed E-state index contributed by atoms with van der Waals surface area (Å²) in [7, 11) is 3.27. The van der Waals surface area contributed by atoms with Crippen molar-refractivity contribution in [2.24, 2.45) is 0 Å². The molecule has 0 saturated carbocycles. The van der Waals surface area contributed by atoms with Crippen molar-refractivity contribution in [1.29, 1.82) is 0 Å². The average Bonchev–Trinajstić information content (AvgIpc) is 3.40. The van der Waals surface area contributed by atoms with Crippen LogP contribution in [0.25, 0.3) is 22.4 Å². The van der Waals surface area contributed by atoms with Crippen molar-refractivity contribution in [3.63, 3.8) is 0 Å². The Balaban J connectivity index is 1.33. The smallest absolute Gasteiger partial charge is 0.226 e. The van der Waals surface area contributed by atoms with Crippen molar-refractivity contribution in [3.05, 3.63) is 53.9 Å². The molecule has 0 radical (unpaired) electrons. The number of benzene rings is 2. The lowest BCUT2D eigenvalue weighted by atomic mass is 10.2. The van der Waals surface area contributed by atoms with Gasteiger partial charge in [-0.25, -0.2) is 4.98 Å². The quantitative estimate of drug-likeness (QED) is 0.355. The fourth-order valence-corrected chi connectivity index (χ4v) is 4.40. The number of thiazole rings is 1. The van der Waals surface area contributed by atoms with Crippen molar-refractivity contribution in [2.75, 3.05) is 25.3 Å². The van der Waals surface area contributed by atoms with Gasteiger partial charge in [-0.1, -0.05) is 0 Å². The molecule has 0 bridgehead atoms. The standard InChI is InChI=1S/C22H20N2O4S2/c1-26-15-3-6-17(7-4-15)29-10-9-21(25)24-22-23-18(13-30-22)20-12-14-11-16(27-2)5-8-19(14)28-20/h3-8,11-13H,9-10H2,1-2H3,(H,23,24,25). The summed E-state index contributed by atoms with van der Waals surface area (Å²) in [6.45, 7) is 0. The number of fused-ring (bicyclic) bond motifs is 1. The summed E-state index contributed by atoms with van der Waals surface area (Å²) in [6, 6.07) is 15.3. The largest absolute Gasteiger partial charge is 0.497 e. The van der Waals surface area contributed by atoms with Crippen molar-refractivity contribution < 1.29 is 18.7 Å². The second-order valence-electron chi connectivity index (χ2n) is 6.37. The van der Waals surface area contributed by atoms with Crippen molar-refractivity contribution in [1.82, 2.24) is 4.98 Å². The Morgan fingerprint density at radius 2 is 1.87 bits per heavy atom. The number of rotatable bonds is 8. The SMILES string of the molecule is COc1ccc(SCCC(=O)Nc2nc(-c3cc4cc(OC)ccc4o3)cs2)cc1. The minimum Gasteiger partial charge on any atom is -0.497 e. The van der Waals surface area contributed by atoms with E-state index in [9.17, 15) is 4.79 Å². The van der Waals surface area contributed by atoms with Gasteiger partial charge in [0.2, 0.25) is 5.91 Å². The Hall–Kier alpha value is -2.97. The monoisotopic (exact) mass is 440 g/mol. The lowest BCUT2D eigenvalue weighted by Crippen LogP contribution is -2.11. The number of aromatic nitrogens is 1. The van der Waals surface area contributed by atoms with E-state index in [1.54, 1.807) is 26.0 Å². The van der Waals surface area contributed by atoms with Gasteiger partial charge >= 0.3 is 0 Å². The summed E-state index contributed by atoms with van der Waals surface area (Å²) in [5.74, 6) is 2.87. The van der Waals surface area contributed by atoms with Crippen LogP contribution in [0.2, 0.25) is 0 Å². The summed E-state index contributed by atoms with van der Waals surface area (Å²) in [5, 5.41) is 6.23. The number of nitrogens with one attached hydrogen (secondary N) is 1. The van der Waals surface area contributed by atoms with Crippen LogP contribution < -0.4 is 14.8 Å². The number of hydrogen-bond acceptors (Lipinski definition) is 7. The van der Waals surface area contributed by atoms with E-state index in [1.165, 1.54) is 11.3 Å². The maximum absolute atomic E-state index is 12.2. The van der Waals surface area contributed by atoms with Gasteiger partial charge in [0.25, 0.3) is 0 Å². The van der Waals surface area contributed by atoms with E-state index in [-0.39, 0.29) is 5.91 Å². The number of ether oxygens (including phenoxy) is 2. The van der Waals surface area contributed by atoms with E-state index in [0.29, 0.717) is 28.8 Å². The molecule has 2 aromatic carbocycles. The zero-order valence-corrected chi connectivity index (χ0v) is 18.1. The molecule has 30 heavy (non-hydrogen) atoms. The molecule has 0 aliphatic rings. The molecule has 6 nitrogen and oxygen atoms in total. The number of nitrogens with zero attached hydrogens (tertiary/aromatic N) is 1. The molecule has 2 heterocycles. The van der Waals surface area contributed by atoms with Crippen LogP contribution in [-0.4, -0.2) is 30.9 Å². The van der Waals surface area contributed by atoms with Gasteiger partial charge < -0.3 is 19.2 Å². The van der Waals surface area contributed by atoms with Crippen LogP contribution in [0.4, 0.5) is 5.13 Å². The minimum absolute atomic E-state index is 0.0637. The van der Waals surface area contributed by atoms with Crippen molar-refractivity contribution in [2.45, 2.75) is 11.3 Å². The molecule has 0 aliphatic heterocycles. The zero-order valence-electron chi connectivity index (χ0n) is 16.5. The number of thioether (sulfide) groups is 1. The maximum Gasteiger partial charge on any atom is 0.226 e. The molecule has 0 atom stereocenters. The van der Waals surface area contributed by atoms with Gasteiger partial charge in [0, 0.05) is 27.8 Å². The number of carbonyl (C=O) groups excluding carboxylic acids is 1. The number of anilines is 1. The van der Waals surface area contributed by atoms with Crippen LogP contribution >= 0.6 is 23.1 Å². The highest BCUT2D eigenvalue weighted by Crippen LogP contribution is 2.32. The maximum atomic E-state index is 12.2. The average molecular weight is 441 g/mol. The Labute approximate surface area is 182 Å². The molecule has 8 heteroatoms. The number of furan rings is 1. The molecular weight excluding hydrogens is 420 g/mol. The second kappa shape index (κ2) is 9.23. The fraction of sp³-hybridized carbons (Fsp3) is 0.182. The third-order valence-corrected chi connectivity index (χ3v) is 6.16. The van der Waals surface area contributed by atoms with Gasteiger partial charge in [-0.2, -0.15) is 0 Å². The Bertz CT molecular complexity index is 1150. The zero-order chi connectivity index (χ0) is 20.9. The van der Waals surface area contributed by atoms with Gasteiger partial charge in [0.1, 0.15) is 22.8 Å². The molecule has 0 spiro atoms. The van der Waals surface area contributed by atoms with Crippen LogP contribution in [0, 0.1) is 0 Å². The van der Waals surface area contributed by atoms with Crippen LogP contribution in [0.5, 0.6) is 11.5 Å². The predicted octanol–water partition coefficient (Wildman–Crippen LogP) is 5.69. The molecule has 154 valence electrons. The lowest BCUT2D eigenvalue weighted by molar-refractivity contribution is -0.115. The third-order valence-electron chi connectivity index (χ3n) is 4.38. The molecule has 2 aromatic heterocycles. The summed E-state index contributed by atoms with van der Waals surface area (Å²) in [4.78, 5) is 17.8. The fourth-order valence-electron chi connectivity index (χ4n) is 2.83. The van der Waals surface area contributed by atoms with E-state index in [2.05, 4.69) is 10.3 Å². The highest BCUT2D eigenvalue weighted by atomic mass is 32.2. The Kier molecular flexibility index (Phi) is 6.25. The molecular formula is C22H20N2O4S2. The Morgan fingerprint density at radius 1 is 1.10 bits per heavy atom. The number of carbonyl (C=O) groups is 1. The van der Waals surface area contributed by atoms with Crippen LogP contribution in [0.1, 0.15) is 6.42 Å². The highest BCUT2D eigenvalue weighted by Gasteiger charge is 2.12. The normalized spacial score (nSPS) is 10.9.